The van der Waals surface area contributed by atoms with Crippen molar-refractivity contribution >= 4 is 11.6 Å². The summed E-state index contributed by atoms with van der Waals surface area (Å²) < 4.78 is 0. The molecule has 0 radical (unpaired) electrons. The Bertz CT molecular complexity index is 278. The molecule has 1 aliphatic rings. The molecule has 2 atom stereocenters. The molecule has 1 aliphatic carbocycles. The summed E-state index contributed by atoms with van der Waals surface area (Å²) in [7, 11) is 0. The molecular weight excluding hydrogens is 200 g/mol. The topological polar surface area (TPSA) is 34.1 Å². The summed E-state index contributed by atoms with van der Waals surface area (Å²) in [5.41, 5.74) is 0. The summed E-state index contributed by atoms with van der Waals surface area (Å²) in [6.07, 6.45) is 9.48. The molecule has 0 aromatic carbocycles. The molecule has 16 heavy (non-hydrogen) atoms. The maximum Gasteiger partial charge on any atom is 0.136 e. The minimum atomic E-state index is 0.108. The highest BCUT2D eigenvalue weighted by Crippen LogP contribution is 2.34. The van der Waals surface area contributed by atoms with Gasteiger partial charge in [0, 0.05) is 18.8 Å². The number of hydrogen-bond donors (Lipinski definition) is 0. The normalized spacial score (nSPS) is 25.5. The van der Waals surface area contributed by atoms with Crippen LogP contribution in [0.2, 0.25) is 0 Å². The van der Waals surface area contributed by atoms with E-state index in [4.69, 9.17) is 0 Å². The van der Waals surface area contributed by atoms with E-state index in [-0.39, 0.29) is 11.7 Å². The van der Waals surface area contributed by atoms with Crippen molar-refractivity contribution in [1.29, 1.82) is 0 Å². The molecule has 0 bridgehead atoms. The average molecular weight is 222 g/mol. The Balaban J connectivity index is 2.46. The summed E-state index contributed by atoms with van der Waals surface area (Å²) in [5, 5.41) is 0. The monoisotopic (exact) mass is 222 g/mol. The Kier molecular flexibility index (Phi) is 5.44. The van der Waals surface area contributed by atoms with E-state index >= 15 is 0 Å². The van der Waals surface area contributed by atoms with Crippen LogP contribution in [0.5, 0.6) is 0 Å². The van der Waals surface area contributed by atoms with E-state index in [0.717, 1.165) is 25.7 Å². The van der Waals surface area contributed by atoms with E-state index in [9.17, 15) is 9.59 Å². The molecule has 0 aromatic rings. The van der Waals surface area contributed by atoms with Crippen LogP contribution >= 0.6 is 0 Å². The van der Waals surface area contributed by atoms with Gasteiger partial charge in [0.05, 0.1) is 0 Å². The molecule has 0 aliphatic heterocycles. The number of rotatable bonds is 6. The van der Waals surface area contributed by atoms with Crippen LogP contribution in [0.1, 0.15) is 52.4 Å². The Hall–Kier alpha value is -0.920. The highest BCUT2D eigenvalue weighted by Gasteiger charge is 2.33. The number of unbranched alkanes of at least 4 members (excludes halogenated alkanes) is 1. The number of carbonyl (C=O) groups excluding carboxylic acids is 2. The highest BCUT2D eigenvalue weighted by molar-refractivity contribution is 5.85. The second kappa shape index (κ2) is 6.62. The molecule has 1 fully saturated rings. The zero-order valence-electron chi connectivity index (χ0n) is 10.4. The van der Waals surface area contributed by atoms with Crippen molar-refractivity contribution in [3.8, 4) is 0 Å². The van der Waals surface area contributed by atoms with E-state index in [1.807, 2.05) is 0 Å². The fourth-order valence-electron chi connectivity index (χ4n) is 2.44. The van der Waals surface area contributed by atoms with Gasteiger partial charge in [-0.15, -0.1) is 0 Å². The van der Waals surface area contributed by atoms with E-state index < -0.39 is 0 Å². The van der Waals surface area contributed by atoms with Crippen LogP contribution in [0, 0.1) is 11.8 Å². The highest BCUT2D eigenvalue weighted by atomic mass is 16.1. The number of carbonyl (C=O) groups is 2. The van der Waals surface area contributed by atoms with Gasteiger partial charge in [0.1, 0.15) is 11.6 Å². The summed E-state index contributed by atoms with van der Waals surface area (Å²) >= 11 is 0. The molecular formula is C14H22O2. The van der Waals surface area contributed by atoms with Gasteiger partial charge in [-0.3, -0.25) is 4.79 Å². The second-order valence-corrected chi connectivity index (χ2v) is 4.77. The minimum Gasteiger partial charge on any atom is -0.300 e. The van der Waals surface area contributed by atoms with Crippen molar-refractivity contribution in [3.63, 3.8) is 0 Å². The van der Waals surface area contributed by atoms with Gasteiger partial charge >= 0.3 is 0 Å². The lowest BCUT2D eigenvalue weighted by Gasteiger charge is -2.14. The Morgan fingerprint density at radius 3 is 2.81 bits per heavy atom. The van der Waals surface area contributed by atoms with Crippen molar-refractivity contribution < 1.29 is 9.59 Å². The molecule has 0 spiro atoms. The molecule has 0 N–H and O–H groups in total. The van der Waals surface area contributed by atoms with Crippen LogP contribution in [-0.2, 0) is 9.59 Å². The predicted molar refractivity (Wildman–Crippen MR) is 65.2 cm³/mol. The quantitative estimate of drug-likeness (QED) is 0.646. The van der Waals surface area contributed by atoms with E-state index in [1.165, 1.54) is 0 Å². The Morgan fingerprint density at radius 2 is 2.19 bits per heavy atom. The van der Waals surface area contributed by atoms with E-state index in [1.54, 1.807) is 6.92 Å². The largest absolute Gasteiger partial charge is 0.300 e. The standard InChI is InChI=1S/C14H22O2/c1-3-4-5-6-7-13-12(10-11(2)15)8-9-14(13)16/h5-6,12-13H,3-4,7-10H2,1-2H3/b6-5+. The van der Waals surface area contributed by atoms with Gasteiger partial charge in [0.25, 0.3) is 0 Å². The fourth-order valence-corrected chi connectivity index (χ4v) is 2.44. The lowest BCUT2D eigenvalue weighted by atomic mass is 9.88. The molecule has 0 amide bonds. The van der Waals surface area contributed by atoms with Gasteiger partial charge in [0.15, 0.2) is 0 Å². The molecule has 1 saturated carbocycles. The molecule has 90 valence electrons. The van der Waals surface area contributed by atoms with Crippen molar-refractivity contribution in [3.05, 3.63) is 12.2 Å². The van der Waals surface area contributed by atoms with Gasteiger partial charge in [-0.05, 0) is 32.1 Å². The van der Waals surface area contributed by atoms with Gasteiger partial charge < -0.3 is 4.79 Å². The number of ketones is 2. The van der Waals surface area contributed by atoms with Gasteiger partial charge in [-0.25, -0.2) is 0 Å². The third kappa shape index (κ3) is 3.92. The van der Waals surface area contributed by atoms with Crippen LogP contribution in [0.25, 0.3) is 0 Å². The third-order valence-electron chi connectivity index (χ3n) is 3.31. The SMILES string of the molecule is CCC/C=C/CC1C(=O)CCC1CC(C)=O. The molecule has 0 heterocycles. The van der Waals surface area contributed by atoms with Gasteiger partial charge in [-0.1, -0.05) is 25.5 Å². The van der Waals surface area contributed by atoms with Crippen LogP contribution in [0.4, 0.5) is 0 Å². The number of hydrogen-bond acceptors (Lipinski definition) is 2. The predicted octanol–water partition coefficient (Wildman–Crippen LogP) is 3.31. The van der Waals surface area contributed by atoms with Crippen LogP contribution in [-0.4, -0.2) is 11.6 Å². The Morgan fingerprint density at radius 1 is 1.44 bits per heavy atom. The first-order valence-electron chi connectivity index (χ1n) is 6.32. The molecule has 2 heteroatoms. The minimum absolute atomic E-state index is 0.108. The smallest absolute Gasteiger partial charge is 0.136 e. The van der Waals surface area contributed by atoms with E-state index in [2.05, 4.69) is 19.1 Å². The maximum atomic E-state index is 11.7. The molecule has 0 aromatic heterocycles. The summed E-state index contributed by atoms with van der Waals surface area (Å²) in [6.45, 7) is 3.76. The van der Waals surface area contributed by atoms with Crippen molar-refractivity contribution in [2.75, 3.05) is 0 Å². The Labute approximate surface area is 98.1 Å². The average Bonchev–Trinajstić information content (AvgIpc) is 2.55. The fraction of sp³-hybridized carbons (Fsp3) is 0.714. The zero-order valence-corrected chi connectivity index (χ0v) is 10.4. The summed E-state index contributed by atoms with van der Waals surface area (Å²) in [4.78, 5) is 22.8. The van der Waals surface area contributed by atoms with Crippen molar-refractivity contribution in [1.82, 2.24) is 0 Å². The van der Waals surface area contributed by atoms with Crippen LogP contribution in [0.15, 0.2) is 12.2 Å². The van der Waals surface area contributed by atoms with Crippen molar-refractivity contribution in [2.45, 2.75) is 52.4 Å². The molecule has 2 unspecified atom stereocenters. The van der Waals surface area contributed by atoms with Crippen LogP contribution < -0.4 is 0 Å². The number of Topliss-reactive ketones (excluding diaryl/α,β-unsaturated/α-hetero) is 2. The number of allylic oxidation sites excluding steroid dienone is 2. The molecule has 1 rings (SSSR count). The van der Waals surface area contributed by atoms with E-state index in [0.29, 0.717) is 24.5 Å². The lowest BCUT2D eigenvalue weighted by Crippen LogP contribution is -2.16. The molecule has 0 saturated heterocycles. The third-order valence-corrected chi connectivity index (χ3v) is 3.31. The first-order chi connectivity index (χ1) is 7.65. The van der Waals surface area contributed by atoms with Crippen LogP contribution in [0.3, 0.4) is 0 Å². The first-order valence-corrected chi connectivity index (χ1v) is 6.32. The first kappa shape index (κ1) is 13.1. The maximum absolute atomic E-state index is 11.7. The van der Waals surface area contributed by atoms with Gasteiger partial charge in [-0.2, -0.15) is 0 Å². The summed E-state index contributed by atoms with van der Waals surface area (Å²) in [6, 6.07) is 0. The molecule has 2 nitrogen and oxygen atoms in total. The van der Waals surface area contributed by atoms with Crippen molar-refractivity contribution in [2.24, 2.45) is 11.8 Å². The second-order valence-electron chi connectivity index (χ2n) is 4.77. The summed E-state index contributed by atoms with van der Waals surface area (Å²) in [5.74, 6) is 0.975. The van der Waals surface area contributed by atoms with Gasteiger partial charge in [0.2, 0.25) is 0 Å². The zero-order chi connectivity index (χ0) is 12.0. The lowest BCUT2D eigenvalue weighted by molar-refractivity contribution is -0.121.